The number of aromatic nitrogens is 2. The van der Waals surface area contributed by atoms with Crippen LogP contribution in [0.5, 0.6) is 5.75 Å². The van der Waals surface area contributed by atoms with Gasteiger partial charge in [0.15, 0.2) is 5.84 Å². The molecule has 44 heavy (non-hydrogen) atoms. The predicted molar refractivity (Wildman–Crippen MR) is 176 cm³/mol. The van der Waals surface area contributed by atoms with Crippen LogP contribution in [0.25, 0.3) is 27.1 Å². The van der Waals surface area contributed by atoms with E-state index in [2.05, 4.69) is 106 Å². The van der Waals surface area contributed by atoms with Crippen LogP contribution in [0.15, 0.2) is 148 Å². The topological polar surface area (TPSA) is 56.2 Å². The van der Waals surface area contributed by atoms with Crippen molar-refractivity contribution in [1.82, 2.24) is 8.96 Å². The number of hydrogen-bond donors (Lipinski definition) is 0. The molecule has 0 N–H and O–H groups in total. The van der Waals surface area contributed by atoms with Crippen molar-refractivity contribution in [3.63, 3.8) is 0 Å². The summed E-state index contributed by atoms with van der Waals surface area (Å²) in [6.07, 6.45) is 0. The average Bonchev–Trinajstić information content (AvgIpc) is 3.72. The molecule has 0 unspecified atom stereocenters. The second kappa shape index (κ2) is 8.78. The molecule has 0 atom stereocenters. The van der Waals surface area contributed by atoms with Gasteiger partial charge in [0, 0.05) is 38.2 Å². The van der Waals surface area contributed by atoms with Crippen LogP contribution in [0.3, 0.4) is 0 Å². The van der Waals surface area contributed by atoms with Gasteiger partial charge < -0.3 is 9.13 Å². The van der Waals surface area contributed by atoms with Gasteiger partial charge in [-0.3, -0.25) is 4.48 Å². The van der Waals surface area contributed by atoms with Gasteiger partial charge in [-0.25, -0.2) is 15.0 Å². The lowest BCUT2D eigenvalue weighted by atomic mass is 9.92. The molecule has 5 heterocycles. The minimum atomic E-state index is -0.603. The quantitative estimate of drug-likeness (QED) is 0.229. The van der Waals surface area contributed by atoms with E-state index in [-0.39, 0.29) is 0 Å². The molecule has 3 aliphatic heterocycles. The zero-order valence-corrected chi connectivity index (χ0v) is 23.4. The number of amidine groups is 1. The molecule has 2 aromatic heterocycles. The molecular formula is C37H22BN5O. The van der Waals surface area contributed by atoms with Crippen LogP contribution < -0.4 is 15.5 Å². The first kappa shape index (κ1) is 23.6. The van der Waals surface area contributed by atoms with Crippen molar-refractivity contribution < 1.29 is 4.65 Å². The first-order valence-electron chi connectivity index (χ1n) is 14.7. The highest BCUT2D eigenvalue weighted by Gasteiger charge is 2.40. The maximum atomic E-state index is 7.02. The summed E-state index contributed by atoms with van der Waals surface area (Å²) in [7, 11) is -0.603. The van der Waals surface area contributed by atoms with E-state index in [9.17, 15) is 0 Å². The molecule has 0 saturated carbocycles. The zero-order valence-electron chi connectivity index (χ0n) is 23.4. The van der Waals surface area contributed by atoms with E-state index >= 15 is 0 Å². The highest BCUT2D eigenvalue weighted by atomic mass is 16.5. The summed E-state index contributed by atoms with van der Waals surface area (Å²) in [5, 5.41) is 5.19. The maximum Gasteiger partial charge on any atom is 0.632 e. The lowest BCUT2D eigenvalue weighted by Gasteiger charge is -2.24. The molecule has 7 heteroatoms. The van der Waals surface area contributed by atoms with Gasteiger partial charge in [-0.2, -0.15) is 0 Å². The Morgan fingerprint density at radius 1 is 0.500 bits per heavy atom. The molecule has 0 aliphatic carbocycles. The second-order valence-electron chi connectivity index (χ2n) is 11.2. The fourth-order valence-electron chi connectivity index (χ4n) is 6.92. The summed E-state index contributed by atoms with van der Waals surface area (Å²) >= 11 is 0. The Kier molecular flexibility index (Phi) is 4.71. The first-order chi connectivity index (χ1) is 21.8. The lowest BCUT2D eigenvalue weighted by molar-refractivity contribution is 0.530. The number of hydrogen-bond acceptors (Lipinski definition) is 4. The van der Waals surface area contributed by atoms with Gasteiger partial charge in [-0.05, 0) is 17.7 Å². The van der Waals surface area contributed by atoms with Crippen molar-refractivity contribution >= 4 is 57.5 Å². The van der Waals surface area contributed by atoms with Crippen molar-refractivity contribution in [2.24, 2.45) is 15.0 Å². The van der Waals surface area contributed by atoms with Crippen LogP contribution in [-0.2, 0) is 0 Å². The third-order valence-corrected chi connectivity index (χ3v) is 8.78. The molecule has 3 aliphatic rings. The fourth-order valence-corrected chi connectivity index (χ4v) is 6.92. The number of rotatable bonds is 3. The Hall–Kier alpha value is -5.95. The molecule has 0 fully saturated rings. The molecule has 6 nitrogen and oxygen atoms in total. The van der Waals surface area contributed by atoms with E-state index in [1.807, 2.05) is 36.4 Å². The van der Waals surface area contributed by atoms with Gasteiger partial charge in [-0.1, -0.05) is 121 Å². The van der Waals surface area contributed by atoms with Crippen LogP contribution in [0.1, 0.15) is 16.7 Å². The van der Waals surface area contributed by atoms with Gasteiger partial charge >= 0.3 is 7.19 Å². The Morgan fingerprint density at radius 3 is 1.84 bits per heavy atom. The van der Waals surface area contributed by atoms with Gasteiger partial charge in [0.2, 0.25) is 0 Å². The Bertz CT molecular complexity index is 2530. The molecule has 7 aromatic rings. The Morgan fingerprint density at radius 2 is 1.09 bits per heavy atom. The molecule has 10 rings (SSSR count). The number of nitrogens with zero attached hydrogens (tertiary/aromatic N) is 5. The third-order valence-electron chi connectivity index (χ3n) is 8.78. The van der Waals surface area contributed by atoms with Crippen molar-refractivity contribution in [2.75, 3.05) is 0 Å². The van der Waals surface area contributed by atoms with Crippen molar-refractivity contribution in [1.29, 1.82) is 0 Å². The average molecular weight is 563 g/mol. The smallest absolute Gasteiger partial charge is 0.523 e. The van der Waals surface area contributed by atoms with Crippen LogP contribution in [0.2, 0.25) is 0 Å². The molecule has 204 valence electrons. The van der Waals surface area contributed by atoms with Gasteiger partial charge in [0.25, 0.3) is 0 Å². The molecule has 4 bridgehead atoms. The van der Waals surface area contributed by atoms with Gasteiger partial charge in [0.05, 0.1) is 11.1 Å². The van der Waals surface area contributed by atoms with E-state index in [1.165, 1.54) is 0 Å². The van der Waals surface area contributed by atoms with Crippen molar-refractivity contribution in [3.8, 4) is 5.75 Å². The summed E-state index contributed by atoms with van der Waals surface area (Å²) < 4.78 is 11.4. The minimum absolute atomic E-state index is 0.603. The van der Waals surface area contributed by atoms with Crippen LogP contribution >= 0.6 is 0 Å². The number of benzene rings is 5. The molecular weight excluding hydrogens is 541 g/mol. The van der Waals surface area contributed by atoms with E-state index in [0.29, 0.717) is 5.84 Å². The van der Waals surface area contributed by atoms with E-state index in [4.69, 9.17) is 19.6 Å². The summed E-state index contributed by atoms with van der Waals surface area (Å²) in [4.78, 5) is 16.1. The highest BCUT2D eigenvalue weighted by Crippen LogP contribution is 2.41. The van der Waals surface area contributed by atoms with Gasteiger partial charge in [-0.15, -0.1) is 0 Å². The number of aliphatic imine (C=N–C) groups is 2. The first-order valence-corrected chi connectivity index (χ1v) is 14.7. The molecule has 5 aromatic carbocycles. The number of fused-ring (bicyclic) bond motifs is 10. The summed E-state index contributed by atoms with van der Waals surface area (Å²) in [5.74, 6) is 3.04. The zero-order chi connectivity index (χ0) is 28.8. The molecule has 0 radical (unpaired) electrons. The van der Waals surface area contributed by atoms with Gasteiger partial charge in [0.1, 0.15) is 22.9 Å². The van der Waals surface area contributed by atoms with Crippen molar-refractivity contribution in [2.45, 2.75) is 0 Å². The normalized spacial score (nSPS) is 14.3. The van der Waals surface area contributed by atoms with Crippen LogP contribution in [0.4, 0.5) is 11.6 Å². The van der Waals surface area contributed by atoms with Crippen LogP contribution in [0, 0.1) is 0 Å². The minimum Gasteiger partial charge on any atom is -0.523 e. The monoisotopic (exact) mass is 563 g/mol. The predicted octanol–water partition coefficient (Wildman–Crippen LogP) is 6.41. The van der Waals surface area contributed by atoms with E-state index in [0.717, 1.165) is 77.7 Å². The van der Waals surface area contributed by atoms with Crippen molar-refractivity contribution in [3.05, 3.63) is 161 Å². The maximum absolute atomic E-state index is 7.02. The summed E-state index contributed by atoms with van der Waals surface area (Å²) in [6, 6.07) is 45.8. The largest absolute Gasteiger partial charge is 0.632 e. The summed E-state index contributed by atoms with van der Waals surface area (Å²) in [5.41, 5.74) is 5.90. The Labute approximate surface area is 252 Å². The standard InChI is InChI=1S/C37H22BN5O/c1-3-13-23(14-4-1)31-32-25-17-7-9-19-27(25)34(39-32)40-35-29-21-11-12-22-30(29)37-41-36-28-20-10-8-18-26(28)33(31)42(36)38(43(35)37)44-24-15-5-2-6-16-24/h1-22H. The fraction of sp³-hybridized carbons (Fsp3) is 0. The third kappa shape index (κ3) is 3.13. The molecule has 0 spiro atoms. The molecule has 0 saturated heterocycles. The number of para-hydroxylation sites is 1. The summed E-state index contributed by atoms with van der Waals surface area (Å²) in [6.45, 7) is 0. The molecule has 0 amide bonds. The lowest BCUT2D eigenvalue weighted by Crippen LogP contribution is -2.52. The Balaban J connectivity index is 1.50. The van der Waals surface area contributed by atoms with Crippen LogP contribution in [-0.4, -0.2) is 27.7 Å². The SMILES string of the molecule is c1ccc(OB2n3c4c5ccccc5c3N=c3c5ccccc5c(n32)=C(c2ccccc2)C2=NC(=N4)c3ccccc32)cc1. The van der Waals surface area contributed by atoms with E-state index < -0.39 is 7.19 Å². The van der Waals surface area contributed by atoms with E-state index in [1.54, 1.807) is 0 Å². The second-order valence-corrected chi connectivity index (χ2v) is 11.2. The highest BCUT2D eigenvalue weighted by molar-refractivity contribution is 6.53.